The number of sulfonamides is 1. The van der Waals surface area contributed by atoms with E-state index in [9.17, 15) is 17.2 Å². The van der Waals surface area contributed by atoms with Crippen LogP contribution in [-0.4, -0.2) is 55.6 Å². The number of hydrogen-bond acceptors (Lipinski definition) is 4. The number of nitrogens with zero attached hydrogens (tertiary/aromatic N) is 3. The van der Waals surface area contributed by atoms with Crippen molar-refractivity contribution in [2.45, 2.75) is 30.7 Å². The topological polar surface area (TPSA) is 67.2 Å². The number of alkyl halides is 2. The predicted octanol–water partition coefficient (Wildman–Crippen LogP) is 0.768. The fraction of sp³-hybridized carbons (Fsp3) is 0.750. The molecular weight excluding hydrogens is 302 g/mol. The molecule has 1 fully saturated rings. The Bertz CT molecular complexity index is 553. The molecule has 1 saturated heterocycles. The van der Waals surface area contributed by atoms with Gasteiger partial charge in [0.1, 0.15) is 11.4 Å². The molecule has 1 N–H and O–H groups in total. The quantitative estimate of drug-likeness (QED) is 0.840. The monoisotopic (exact) mass is 322 g/mol. The fourth-order valence-electron chi connectivity index (χ4n) is 2.51. The van der Waals surface area contributed by atoms with Crippen molar-refractivity contribution in [1.29, 1.82) is 0 Å². The molecule has 0 unspecified atom stereocenters. The van der Waals surface area contributed by atoms with Gasteiger partial charge in [0.25, 0.3) is 6.43 Å². The standard InChI is InChI=1S/C12H20F2N4O2S/c1-15-6-10-2-4-18(5-3-10)21(19,20)11-7-16-17(8-11)9-12(13)14/h7-8,10,12,15H,2-6,9H2,1H3. The molecule has 2 rings (SSSR count). The van der Waals surface area contributed by atoms with Crippen molar-refractivity contribution in [2.75, 3.05) is 26.7 Å². The highest BCUT2D eigenvalue weighted by molar-refractivity contribution is 7.89. The Morgan fingerprint density at radius 1 is 1.43 bits per heavy atom. The molecule has 1 aliphatic heterocycles. The minimum absolute atomic E-state index is 0.0183. The van der Waals surface area contributed by atoms with E-state index < -0.39 is 23.0 Å². The molecule has 1 aromatic heterocycles. The third-order valence-corrected chi connectivity index (χ3v) is 5.49. The molecule has 0 radical (unpaired) electrons. The number of aromatic nitrogens is 2. The Hall–Kier alpha value is -1.06. The highest BCUT2D eigenvalue weighted by Gasteiger charge is 2.30. The molecule has 0 saturated carbocycles. The van der Waals surface area contributed by atoms with E-state index in [0.717, 1.165) is 30.3 Å². The van der Waals surface area contributed by atoms with Crippen LogP contribution in [0.25, 0.3) is 0 Å². The van der Waals surface area contributed by atoms with Gasteiger partial charge in [-0.05, 0) is 32.4 Å². The summed E-state index contributed by atoms with van der Waals surface area (Å²) in [6.07, 6.45) is 1.34. The van der Waals surface area contributed by atoms with Crippen LogP contribution in [0.1, 0.15) is 12.8 Å². The molecule has 9 heteroatoms. The smallest absolute Gasteiger partial charge is 0.257 e. The van der Waals surface area contributed by atoms with Crippen molar-refractivity contribution < 1.29 is 17.2 Å². The molecule has 1 aliphatic rings. The average molecular weight is 322 g/mol. The highest BCUT2D eigenvalue weighted by Crippen LogP contribution is 2.23. The van der Waals surface area contributed by atoms with Crippen LogP contribution in [0.3, 0.4) is 0 Å². The molecule has 0 atom stereocenters. The van der Waals surface area contributed by atoms with Gasteiger partial charge in [0.05, 0.1) is 6.20 Å². The largest absolute Gasteiger partial charge is 0.319 e. The van der Waals surface area contributed by atoms with Crippen LogP contribution in [0.5, 0.6) is 0 Å². The third-order valence-electron chi connectivity index (χ3n) is 3.64. The zero-order valence-electron chi connectivity index (χ0n) is 11.9. The Morgan fingerprint density at radius 2 is 2.10 bits per heavy atom. The van der Waals surface area contributed by atoms with Crippen LogP contribution in [-0.2, 0) is 16.6 Å². The number of halogens is 2. The van der Waals surface area contributed by atoms with Crippen LogP contribution < -0.4 is 5.32 Å². The van der Waals surface area contributed by atoms with Gasteiger partial charge in [-0.1, -0.05) is 0 Å². The van der Waals surface area contributed by atoms with E-state index in [1.54, 1.807) is 0 Å². The first kappa shape index (κ1) is 16.3. The summed E-state index contributed by atoms with van der Waals surface area (Å²) in [5.41, 5.74) is 0. The van der Waals surface area contributed by atoms with Crippen LogP contribution in [0, 0.1) is 5.92 Å². The Kier molecular flexibility index (Phi) is 5.28. The number of hydrogen-bond donors (Lipinski definition) is 1. The van der Waals surface area contributed by atoms with Gasteiger partial charge in [-0.15, -0.1) is 0 Å². The number of rotatable bonds is 6. The number of piperidine rings is 1. The van der Waals surface area contributed by atoms with E-state index in [2.05, 4.69) is 10.4 Å². The van der Waals surface area contributed by atoms with Crippen molar-refractivity contribution in [1.82, 2.24) is 19.4 Å². The lowest BCUT2D eigenvalue weighted by atomic mass is 9.98. The SMILES string of the molecule is CNCC1CCN(S(=O)(=O)c2cnn(CC(F)F)c2)CC1. The van der Waals surface area contributed by atoms with Crippen LogP contribution >= 0.6 is 0 Å². The van der Waals surface area contributed by atoms with Crippen molar-refractivity contribution in [2.24, 2.45) is 5.92 Å². The van der Waals surface area contributed by atoms with Gasteiger partial charge < -0.3 is 5.32 Å². The summed E-state index contributed by atoms with van der Waals surface area (Å²) in [7, 11) is -1.76. The molecule has 0 aromatic carbocycles. The molecule has 1 aromatic rings. The zero-order chi connectivity index (χ0) is 15.5. The lowest BCUT2D eigenvalue weighted by Gasteiger charge is -2.30. The Balaban J connectivity index is 2.03. The second-order valence-electron chi connectivity index (χ2n) is 5.19. The predicted molar refractivity (Wildman–Crippen MR) is 73.6 cm³/mol. The van der Waals surface area contributed by atoms with E-state index in [1.165, 1.54) is 10.5 Å². The van der Waals surface area contributed by atoms with E-state index in [4.69, 9.17) is 0 Å². The second kappa shape index (κ2) is 6.80. The molecule has 0 spiro atoms. The van der Waals surface area contributed by atoms with Crippen LogP contribution in [0.4, 0.5) is 8.78 Å². The van der Waals surface area contributed by atoms with E-state index in [0.29, 0.717) is 19.0 Å². The van der Waals surface area contributed by atoms with E-state index >= 15 is 0 Å². The Labute approximate surface area is 123 Å². The van der Waals surface area contributed by atoms with E-state index in [1.807, 2.05) is 7.05 Å². The van der Waals surface area contributed by atoms with Crippen molar-refractivity contribution in [3.05, 3.63) is 12.4 Å². The van der Waals surface area contributed by atoms with Gasteiger partial charge in [0.15, 0.2) is 0 Å². The second-order valence-corrected chi connectivity index (χ2v) is 7.13. The third kappa shape index (κ3) is 3.98. The van der Waals surface area contributed by atoms with Crippen LogP contribution in [0.15, 0.2) is 17.3 Å². The lowest BCUT2D eigenvalue weighted by molar-refractivity contribution is 0.121. The summed E-state index contributed by atoms with van der Waals surface area (Å²) in [6.45, 7) is 1.18. The summed E-state index contributed by atoms with van der Waals surface area (Å²) in [4.78, 5) is -0.0183. The fourth-order valence-corrected chi connectivity index (χ4v) is 3.94. The summed E-state index contributed by atoms with van der Waals surface area (Å²) in [6, 6.07) is 0. The minimum atomic E-state index is -3.63. The first-order chi connectivity index (χ1) is 9.93. The van der Waals surface area contributed by atoms with Gasteiger partial charge in [0, 0.05) is 19.3 Å². The van der Waals surface area contributed by atoms with E-state index in [-0.39, 0.29) is 4.90 Å². The summed E-state index contributed by atoms with van der Waals surface area (Å²) in [5.74, 6) is 0.475. The maximum absolute atomic E-state index is 12.4. The van der Waals surface area contributed by atoms with Gasteiger partial charge in [-0.3, -0.25) is 4.68 Å². The van der Waals surface area contributed by atoms with Crippen molar-refractivity contribution in [3.63, 3.8) is 0 Å². The molecule has 120 valence electrons. The molecule has 0 amide bonds. The Morgan fingerprint density at radius 3 is 2.67 bits per heavy atom. The first-order valence-electron chi connectivity index (χ1n) is 6.89. The lowest BCUT2D eigenvalue weighted by Crippen LogP contribution is -2.40. The van der Waals surface area contributed by atoms with Crippen molar-refractivity contribution >= 4 is 10.0 Å². The summed E-state index contributed by atoms with van der Waals surface area (Å²) < 4.78 is 51.7. The summed E-state index contributed by atoms with van der Waals surface area (Å²) >= 11 is 0. The number of nitrogens with one attached hydrogen (secondary N) is 1. The van der Waals surface area contributed by atoms with Gasteiger partial charge >= 0.3 is 0 Å². The summed E-state index contributed by atoms with van der Waals surface area (Å²) in [5, 5.41) is 6.77. The highest BCUT2D eigenvalue weighted by atomic mass is 32.2. The normalized spacial score (nSPS) is 18.5. The molecule has 2 heterocycles. The molecule has 6 nitrogen and oxygen atoms in total. The molecular formula is C12H20F2N4O2S. The van der Waals surface area contributed by atoms with Gasteiger partial charge in [-0.25, -0.2) is 17.2 Å². The van der Waals surface area contributed by atoms with Crippen LogP contribution in [0.2, 0.25) is 0 Å². The minimum Gasteiger partial charge on any atom is -0.319 e. The van der Waals surface area contributed by atoms with Crippen molar-refractivity contribution in [3.8, 4) is 0 Å². The zero-order valence-corrected chi connectivity index (χ0v) is 12.7. The van der Waals surface area contributed by atoms with Gasteiger partial charge in [0.2, 0.25) is 10.0 Å². The maximum atomic E-state index is 12.4. The molecule has 21 heavy (non-hydrogen) atoms. The molecule has 0 aliphatic carbocycles. The van der Waals surface area contributed by atoms with Gasteiger partial charge in [-0.2, -0.15) is 9.40 Å². The first-order valence-corrected chi connectivity index (χ1v) is 8.33. The maximum Gasteiger partial charge on any atom is 0.257 e. The average Bonchev–Trinajstić information content (AvgIpc) is 2.88. The molecule has 0 bridgehead atoms.